The monoisotopic (exact) mass is 350 g/mol. The van der Waals surface area contributed by atoms with Gasteiger partial charge in [-0.05, 0) is 28.8 Å². The van der Waals surface area contributed by atoms with Gasteiger partial charge >= 0.3 is 0 Å². The van der Waals surface area contributed by atoms with Crippen molar-refractivity contribution in [3.63, 3.8) is 0 Å². The zero-order valence-corrected chi connectivity index (χ0v) is 14.6. The van der Waals surface area contributed by atoms with Gasteiger partial charge in [-0.1, -0.05) is 36.4 Å². The fourth-order valence-corrected chi connectivity index (χ4v) is 2.19. The molecule has 0 bridgehead atoms. The first-order valence-corrected chi connectivity index (χ1v) is 7.39. The molecule has 0 radical (unpaired) electrons. The van der Waals surface area contributed by atoms with Crippen LogP contribution in [0.5, 0.6) is 5.75 Å². The van der Waals surface area contributed by atoms with Gasteiger partial charge in [0.05, 0.1) is 13.7 Å². The first-order chi connectivity index (χ1) is 11.1. The molecule has 1 atom stereocenters. The average Bonchev–Trinajstić information content (AvgIpc) is 2.60. The van der Waals surface area contributed by atoms with E-state index in [0.717, 1.165) is 22.4 Å². The number of rotatable bonds is 7. The van der Waals surface area contributed by atoms with Crippen LogP contribution in [0.3, 0.4) is 0 Å². The highest BCUT2D eigenvalue weighted by Gasteiger charge is 2.12. The topological polar surface area (TPSA) is 73.6 Å². The molecule has 3 N–H and O–H groups in total. The number of halogens is 1. The van der Waals surface area contributed by atoms with E-state index in [-0.39, 0.29) is 24.9 Å². The molecular weight excluding hydrogens is 328 g/mol. The smallest absolute Gasteiger partial charge is 0.239 e. The second-order valence-electron chi connectivity index (χ2n) is 5.21. The van der Waals surface area contributed by atoms with Gasteiger partial charge in [0, 0.05) is 13.7 Å². The molecule has 2 aromatic rings. The Kier molecular flexibility index (Phi) is 8.26. The number of amides is 1. The molecule has 0 saturated carbocycles. The van der Waals surface area contributed by atoms with Crippen molar-refractivity contribution in [3.8, 4) is 16.9 Å². The summed E-state index contributed by atoms with van der Waals surface area (Å²) in [6.07, 6.45) is 0. The van der Waals surface area contributed by atoms with Crippen molar-refractivity contribution in [3.05, 3.63) is 54.1 Å². The van der Waals surface area contributed by atoms with Crippen LogP contribution < -0.4 is 15.8 Å². The molecule has 0 saturated heterocycles. The molecule has 0 heterocycles. The summed E-state index contributed by atoms with van der Waals surface area (Å²) >= 11 is 0. The van der Waals surface area contributed by atoms with Crippen molar-refractivity contribution in [2.24, 2.45) is 5.73 Å². The molecule has 0 spiro atoms. The van der Waals surface area contributed by atoms with Crippen LogP contribution in [0, 0.1) is 0 Å². The van der Waals surface area contributed by atoms with Crippen LogP contribution in [0.25, 0.3) is 11.1 Å². The van der Waals surface area contributed by atoms with Crippen molar-refractivity contribution in [2.45, 2.75) is 12.6 Å². The lowest BCUT2D eigenvalue weighted by atomic mass is 10.0. The second-order valence-corrected chi connectivity index (χ2v) is 5.21. The van der Waals surface area contributed by atoms with Gasteiger partial charge in [0.1, 0.15) is 11.8 Å². The van der Waals surface area contributed by atoms with Crippen LogP contribution >= 0.6 is 12.4 Å². The number of nitrogens with two attached hydrogens (primary N) is 1. The molecule has 0 aliphatic rings. The minimum atomic E-state index is -0.643. The Hall–Kier alpha value is -2.08. The van der Waals surface area contributed by atoms with Gasteiger partial charge in [-0.25, -0.2) is 0 Å². The number of hydrogen-bond acceptors (Lipinski definition) is 4. The van der Waals surface area contributed by atoms with Crippen LogP contribution in [-0.4, -0.2) is 32.8 Å². The summed E-state index contributed by atoms with van der Waals surface area (Å²) in [5, 5.41) is 2.80. The lowest BCUT2D eigenvalue weighted by Gasteiger charge is -2.11. The number of nitrogens with one attached hydrogen (secondary N) is 1. The van der Waals surface area contributed by atoms with E-state index in [4.69, 9.17) is 15.2 Å². The van der Waals surface area contributed by atoms with E-state index in [1.54, 1.807) is 7.11 Å². The zero-order valence-electron chi connectivity index (χ0n) is 13.8. The van der Waals surface area contributed by atoms with E-state index in [0.29, 0.717) is 6.54 Å². The highest BCUT2D eigenvalue weighted by atomic mass is 35.5. The van der Waals surface area contributed by atoms with Gasteiger partial charge in [0.25, 0.3) is 0 Å². The first-order valence-electron chi connectivity index (χ1n) is 7.39. The van der Waals surface area contributed by atoms with Crippen molar-refractivity contribution < 1.29 is 14.3 Å². The fraction of sp³-hybridized carbons (Fsp3) is 0.278. The van der Waals surface area contributed by atoms with E-state index in [2.05, 4.69) is 5.32 Å². The number of ether oxygens (including phenoxy) is 2. The normalized spacial score (nSPS) is 11.3. The number of methoxy groups -OCH3 is 2. The van der Waals surface area contributed by atoms with Crippen molar-refractivity contribution in [2.75, 3.05) is 20.8 Å². The van der Waals surface area contributed by atoms with Gasteiger partial charge in [-0.15, -0.1) is 12.4 Å². The largest absolute Gasteiger partial charge is 0.497 e. The molecule has 130 valence electrons. The van der Waals surface area contributed by atoms with Gasteiger partial charge < -0.3 is 20.5 Å². The maximum Gasteiger partial charge on any atom is 0.239 e. The summed E-state index contributed by atoms with van der Waals surface area (Å²) in [5.41, 5.74) is 8.86. The van der Waals surface area contributed by atoms with E-state index >= 15 is 0 Å². The van der Waals surface area contributed by atoms with Crippen LogP contribution in [0.2, 0.25) is 0 Å². The van der Waals surface area contributed by atoms with Crippen molar-refractivity contribution in [1.82, 2.24) is 5.32 Å². The Morgan fingerprint density at radius 1 is 1.12 bits per heavy atom. The molecule has 0 fully saturated rings. The van der Waals surface area contributed by atoms with E-state index in [9.17, 15) is 4.79 Å². The Balaban J connectivity index is 0.00000288. The molecule has 0 aromatic heterocycles. The molecule has 2 aromatic carbocycles. The molecular formula is C18H23ClN2O3. The minimum absolute atomic E-state index is 0. The van der Waals surface area contributed by atoms with Gasteiger partial charge in [-0.2, -0.15) is 0 Å². The molecule has 5 nitrogen and oxygen atoms in total. The van der Waals surface area contributed by atoms with Gasteiger partial charge in [0.15, 0.2) is 0 Å². The third-order valence-electron chi connectivity index (χ3n) is 3.51. The van der Waals surface area contributed by atoms with Crippen LogP contribution in [-0.2, 0) is 16.1 Å². The predicted octanol–water partition coefficient (Wildman–Crippen LogP) is 2.37. The van der Waals surface area contributed by atoms with E-state index in [1.165, 1.54) is 7.11 Å². The molecule has 0 aliphatic heterocycles. The van der Waals surface area contributed by atoms with Gasteiger partial charge in [-0.3, -0.25) is 4.79 Å². The Morgan fingerprint density at radius 2 is 1.83 bits per heavy atom. The number of carbonyl (C=O) groups excluding carboxylic acids is 1. The van der Waals surface area contributed by atoms with Crippen LogP contribution in [0.1, 0.15) is 5.56 Å². The number of hydrogen-bond donors (Lipinski definition) is 2. The molecule has 0 aliphatic carbocycles. The molecule has 6 heteroatoms. The molecule has 1 unspecified atom stereocenters. The predicted molar refractivity (Wildman–Crippen MR) is 97.4 cm³/mol. The standard InChI is InChI=1S/C18H22N2O3.ClH/c1-22-12-17(19)18(21)20-11-13-6-8-14(9-7-13)15-4-3-5-16(10-15)23-2;/h3-10,17H,11-12,19H2,1-2H3,(H,20,21);1H. The summed E-state index contributed by atoms with van der Waals surface area (Å²) < 4.78 is 10.1. The third-order valence-corrected chi connectivity index (χ3v) is 3.51. The molecule has 1 amide bonds. The maximum absolute atomic E-state index is 11.7. The second kappa shape index (κ2) is 9.93. The fourth-order valence-electron chi connectivity index (χ4n) is 2.19. The summed E-state index contributed by atoms with van der Waals surface area (Å²) in [7, 11) is 3.17. The SMILES string of the molecule is COCC(N)C(=O)NCc1ccc(-c2cccc(OC)c2)cc1.Cl. The van der Waals surface area contributed by atoms with Crippen LogP contribution in [0.4, 0.5) is 0 Å². The molecule has 24 heavy (non-hydrogen) atoms. The number of carbonyl (C=O) groups is 1. The maximum atomic E-state index is 11.7. The lowest BCUT2D eigenvalue weighted by molar-refractivity contribution is -0.123. The Labute approximate surface area is 148 Å². The van der Waals surface area contributed by atoms with E-state index < -0.39 is 6.04 Å². The highest BCUT2D eigenvalue weighted by Crippen LogP contribution is 2.23. The van der Waals surface area contributed by atoms with Gasteiger partial charge in [0.2, 0.25) is 5.91 Å². The average molecular weight is 351 g/mol. The minimum Gasteiger partial charge on any atom is -0.497 e. The van der Waals surface area contributed by atoms with Crippen molar-refractivity contribution >= 4 is 18.3 Å². The number of benzene rings is 2. The van der Waals surface area contributed by atoms with Crippen molar-refractivity contribution in [1.29, 1.82) is 0 Å². The third kappa shape index (κ3) is 5.53. The lowest BCUT2D eigenvalue weighted by Crippen LogP contribution is -2.43. The van der Waals surface area contributed by atoms with E-state index in [1.807, 2.05) is 48.5 Å². The summed E-state index contributed by atoms with van der Waals surface area (Å²) in [4.78, 5) is 11.7. The summed E-state index contributed by atoms with van der Waals surface area (Å²) in [5.74, 6) is 0.606. The Morgan fingerprint density at radius 3 is 2.46 bits per heavy atom. The zero-order chi connectivity index (χ0) is 16.7. The summed E-state index contributed by atoms with van der Waals surface area (Å²) in [6, 6.07) is 15.3. The molecule has 2 rings (SSSR count). The first kappa shape index (κ1) is 20.0. The highest BCUT2D eigenvalue weighted by molar-refractivity contribution is 5.85. The van der Waals surface area contributed by atoms with Crippen LogP contribution in [0.15, 0.2) is 48.5 Å². The Bertz CT molecular complexity index is 647. The quantitative estimate of drug-likeness (QED) is 0.804. The summed E-state index contributed by atoms with van der Waals surface area (Å²) in [6.45, 7) is 0.648.